The Bertz CT molecular complexity index is 155. The summed E-state index contributed by atoms with van der Waals surface area (Å²) in [5.74, 6) is 0. The van der Waals surface area contributed by atoms with Gasteiger partial charge in [0.2, 0.25) is 0 Å². The van der Waals surface area contributed by atoms with E-state index in [1.807, 2.05) is 6.92 Å². The van der Waals surface area contributed by atoms with Gasteiger partial charge in [0.15, 0.2) is 6.67 Å². The van der Waals surface area contributed by atoms with E-state index in [0.717, 1.165) is 24.2 Å². The molecule has 0 bridgehead atoms. The van der Waals surface area contributed by atoms with Gasteiger partial charge in [0.25, 0.3) is 0 Å². The zero-order valence-electron chi connectivity index (χ0n) is 7.96. The van der Waals surface area contributed by atoms with E-state index >= 15 is 0 Å². The summed E-state index contributed by atoms with van der Waals surface area (Å²) in [6, 6.07) is 2.66. The first kappa shape index (κ1) is 10.3. The summed E-state index contributed by atoms with van der Waals surface area (Å²) in [6.45, 7) is 6.73. The summed E-state index contributed by atoms with van der Waals surface area (Å²) in [5.41, 5.74) is 0. The minimum Gasteiger partial charge on any atom is -0.310 e. The number of nitrogens with zero attached hydrogens (tertiary/aromatic N) is 3. The van der Waals surface area contributed by atoms with Gasteiger partial charge in [0.05, 0.1) is 26.6 Å². The average molecular weight is 156 g/mol. The van der Waals surface area contributed by atoms with E-state index in [1.54, 1.807) is 0 Å². The molecule has 0 aromatic carbocycles. The van der Waals surface area contributed by atoms with Gasteiger partial charge in [-0.05, 0) is 13.8 Å². The fourth-order valence-corrected chi connectivity index (χ4v) is 0.444. The molecule has 0 aromatic rings. The van der Waals surface area contributed by atoms with E-state index in [4.69, 9.17) is 0 Å². The molecule has 0 spiro atoms. The number of hydrogen-bond donors (Lipinski definition) is 0. The maximum absolute atomic E-state index is 4.06. The van der Waals surface area contributed by atoms with Crippen molar-refractivity contribution in [2.45, 2.75) is 13.8 Å². The largest absolute Gasteiger partial charge is 0.310 e. The van der Waals surface area contributed by atoms with Crippen molar-refractivity contribution in [1.29, 1.82) is 0 Å². The molecule has 0 aliphatic rings. The van der Waals surface area contributed by atoms with Crippen LogP contribution in [-0.4, -0.2) is 44.3 Å². The second-order valence-corrected chi connectivity index (χ2v) is 3.13. The molecule has 3 nitrogen and oxygen atoms in total. The third kappa shape index (κ3) is 5.77. The van der Waals surface area contributed by atoms with Crippen molar-refractivity contribution < 1.29 is 4.48 Å². The molecule has 0 saturated heterocycles. The van der Waals surface area contributed by atoms with Gasteiger partial charge in [-0.1, -0.05) is 0 Å². The summed E-state index contributed by atoms with van der Waals surface area (Å²) in [4.78, 5) is 7.94. The lowest BCUT2D eigenvalue weighted by atomic mass is 10.5. The first-order valence-corrected chi connectivity index (χ1v) is 4.02. The van der Waals surface area contributed by atoms with Crippen molar-refractivity contribution in [2.24, 2.45) is 9.98 Å². The maximum Gasteiger partial charge on any atom is 0.182 e. The van der Waals surface area contributed by atoms with Gasteiger partial charge < -0.3 is 4.48 Å². The van der Waals surface area contributed by atoms with Gasteiger partial charge in [-0.3, -0.25) is 0 Å². The normalized spacial score (nSPS) is 10.5. The molecular formula is C8H18N3+. The molecule has 64 valence electrons. The number of rotatable bonds is 4. The highest BCUT2D eigenvalue weighted by Crippen LogP contribution is 1.93. The van der Waals surface area contributed by atoms with Crippen LogP contribution >= 0.6 is 0 Å². The van der Waals surface area contributed by atoms with Crippen molar-refractivity contribution >= 4 is 6.01 Å². The molecule has 0 amide bonds. The lowest BCUT2D eigenvalue weighted by Gasteiger charge is -2.24. The van der Waals surface area contributed by atoms with Crippen LogP contribution in [0.4, 0.5) is 0 Å². The minimum atomic E-state index is 0.764. The molecule has 0 radical (unpaired) electrons. The monoisotopic (exact) mass is 156 g/mol. The highest BCUT2D eigenvalue weighted by Gasteiger charge is 2.08. The van der Waals surface area contributed by atoms with Crippen LogP contribution in [-0.2, 0) is 0 Å². The van der Waals surface area contributed by atoms with Crippen molar-refractivity contribution in [3.8, 4) is 0 Å². The second-order valence-electron chi connectivity index (χ2n) is 3.13. The van der Waals surface area contributed by atoms with Crippen molar-refractivity contribution in [3.05, 3.63) is 0 Å². The Kier molecular flexibility index (Phi) is 4.75. The number of aliphatic imine (C=N–C) groups is 2. The third-order valence-corrected chi connectivity index (χ3v) is 1.61. The molecule has 3 heteroatoms. The highest BCUT2D eigenvalue weighted by atomic mass is 15.3. The molecule has 0 heterocycles. The molecule has 0 rings (SSSR count). The van der Waals surface area contributed by atoms with Crippen LogP contribution < -0.4 is 0 Å². The molecule has 0 aromatic heterocycles. The van der Waals surface area contributed by atoms with Crippen molar-refractivity contribution in [3.63, 3.8) is 0 Å². The van der Waals surface area contributed by atoms with Gasteiger partial charge in [-0.2, -0.15) is 4.99 Å². The molecule has 0 N–H and O–H groups in total. The van der Waals surface area contributed by atoms with Gasteiger partial charge in [-0.25, -0.2) is 4.99 Å². The first-order chi connectivity index (χ1) is 5.12. The summed E-state index contributed by atoms with van der Waals surface area (Å²) < 4.78 is 0.895. The molecule has 0 atom stereocenters. The predicted octanol–water partition coefficient (Wildman–Crippen LogP) is 1.23. The van der Waals surface area contributed by atoms with Gasteiger partial charge in [0, 0.05) is 6.54 Å². The van der Waals surface area contributed by atoms with Gasteiger partial charge >= 0.3 is 0 Å². The SMILES string of the molecule is CCN=C=NC[N+](C)(C)CC. The Morgan fingerprint density at radius 3 is 2.27 bits per heavy atom. The number of quaternary nitrogens is 1. The summed E-state index contributed by atoms with van der Waals surface area (Å²) in [7, 11) is 4.27. The smallest absolute Gasteiger partial charge is 0.182 e. The highest BCUT2D eigenvalue weighted by molar-refractivity contribution is 5.40. The quantitative estimate of drug-likeness (QED) is 0.432. The molecular weight excluding hydrogens is 138 g/mol. The first-order valence-electron chi connectivity index (χ1n) is 4.02. The van der Waals surface area contributed by atoms with E-state index in [-0.39, 0.29) is 0 Å². The zero-order valence-corrected chi connectivity index (χ0v) is 7.96. The average Bonchev–Trinajstić information content (AvgIpc) is 1.99. The van der Waals surface area contributed by atoms with Crippen LogP contribution in [0.1, 0.15) is 13.8 Å². The van der Waals surface area contributed by atoms with Crippen LogP contribution in [0.15, 0.2) is 9.98 Å². The van der Waals surface area contributed by atoms with Crippen LogP contribution in [0.5, 0.6) is 0 Å². The fourth-order valence-electron chi connectivity index (χ4n) is 0.444. The Hall–Kier alpha value is -0.660. The molecule has 0 aliphatic heterocycles. The van der Waals surface area contributed by atoms with Crippen LogP contribution in [0.25, 0.3) is 0 Å². The van der Waals surface area contributed by atoms with E-state index < -0.39 is 0 Å². The molecule has 0 saturated carbocycles. The zero-order chi connectivity index (χ0) is 8.74. The molecule has 0 fully saturated rings. The van der Waals surface area contributed by atoms with E-state index in [1.165, 1.54) is 0 Å². The maximum atomic E-state index is 4.06. The van der Waals surface area contributed by atoms with E-state index in [9.17, 15) is 0 Å². The van der Waals surface area contributed by atoms with Gasteiger partial charge in [0.1, 0.15) is 0 Å². The van der Waals surface area contributed by atoms with Crippen LogP contribution in [0, 0.1) is 0 Å². The van der Waals surface area contributed by atoms with Crippen molar-refractivity contribution in [2.75, 3.05) is 33.9 Å². The summed E-state index contributed by atoms with van der Waals surface area (Å²) >= 11 is 0. The Labute approximate surface area is 69.1 Å². The Morgan fingerprint density at radius 1 is 1.18 bits per heavy atom. The standard InChI is InChI=1S/C8H18N3/c1-5-9-7-10-8-11(3,4)6-2/h5-6,8H2,1-4H3/q+1. The topological polar surface area (TPSA) is 24.7 Å². The van der Waals surface area contributed by atoms with Crippen LogP contribution in [0.2, 0.25) is 0 Å². The minimum absolute atomic E-state index is 0.764. The van der Waals surface area contributed by atoms with Crippen LogP contribution in [0.3, 0.4) is 0 Å². The summed E-state index contributed by atoms with van der Waals surface area (Å²) in [6.07, 6.45) is 0. The number of hydrogen-bond acceptors (Lipinski definition) is 2. The fraction of sp³-hybridized carbons (Fsp3) is 0.875. The lowest BCUT2D eigenvalue weighted by molar-refractivity contribution is -0.887. The van der Waals surface area contributed by atoms with Crippen molar-refractivity contribution in [1.82, 2.24) is 0 Å². The van der Waals surface area contributed by atoms with E-state index in [0.29, 0.717) is 0 Å². The predicted molar refractivity (Wildman–Crippen MR) is 47.9 cm³/mol. The molecule has 0 aliphatic carbocycles. The van der Waals surface area contributed by atoms with E-state index in [2.05, 4.69) is 37.0 Å². The lowest BCUT2D eigenvalue weighted by Crippen LogP contribution is -2.39. The molecule has 0 unspecified atom stereocenters. The van der Waals surface area contributed by atoms with Gasteiger partial charge in [-0.15, -0.1) is 0 Å². The Balaban J connectivity index is 3.77. The Morgan fingerprint density at radius 2 is 1.82 bits per heavy atom. The summed E-state index contributed by atoms with van der Waals surface area (Å²) in [5, 5.41) is 0. The second kappa shape index (κ2) is 5.05. The molecule has 11 heavy (non-hydrogen) atoms. The third-order valence-electron chi connectivity index (χ3n) is 1.61.